The van der Waals surface area contributed by atoms with Crippen LogP contribution in [-0.2, 0) is 0 Å². The van der Waals surface area contributed by atoms with Crippen LogP contribution in [0.2, 0.25) is 0 Å². The monoisotopic (exact) mass is 970 g/mol. The highest BCUT2D eigenvalue weighted by molar-refractivity contribution is 5.77. The van der Waals surface area contributed by atoms with Crippen LogP contribution in [0, 0.1) is 0 Å². The second-order valence-electron chi connectivity index (χ2n) is 0. The number of hydrogen-bond donors (Lipinski definition) is 0. The lowest BCUT2D eigenvalue weighted by Crippen LogP contribution is -0.382. The van der Waals surface area contributed by atoms with Crippen LogP contribution in [0.1, 0.15) is 0 Å². The molecule has 0 saturated carbocycles. The van der Waals surface area contributed by atoms with Crippen molar-refractivity contribution >= 4 is 461 Å². The van der Waals surface area contributed by atoms with Crippen LogP contribution in [0.15, 0.2) is 0 Å². The van der Waals surface area contributed by atoms with Gasteiger partial charge >= 0.3 is 461 Å². The summed E-state index contributed by atoms with van der Waals surface area (Å²) in [5.41, 5.74) is 0. The van der Waals surface area contributed by atoms with E-state index in [2.05, 4.69) is 0 Å². The molecule has 0 aromatic rings. The van der Waals surface area contributed by atoms with Gasteiger partial charge in [-0.2, -0.15) is 0 Å². The van der Waals surface area contributed by atoms with Gasteiger partial charge in [-0.05, 0) is 0 Å². The maximum atomic E-state index is 0. The summed E-state index contributed by atoms with van der Waals surface area (Å²) < 4.78 is 0. The molecule has 0 atom stereocenters. The van der Waals surface area contributed by atoms with Crippen molar-refractivity contribution in [3.8, 4) is 0 Å². The van der Waals surface area contributed by atoms with Gasteiger partial charge < -0.3 is 137 Å². The Kier molecular flexibility index (Phi) is 20400. The van der Waals surface area contributed by atoms with Crippen LogP contribution in [0.4, 0.5) is 0 Å². The summed E-state index contributed by atoms with van der Waals surface area (Å²) in [7, 11) is 0. The fourth-order valence-corrected chi connectivity index (χ4v) is 0. The summed E-state index contributed by atoms with van der Waals surface area (Å²) in [5.74, 6) is 0. The SMILES string of the molecule is O.O.O.O.O.O.O.O.O.O.O.O.O.O.O.O.O.O.O.O.O.O.O.O.O.[MgH2].[MgH2].[MgH2].[MgH2].[MgH2].[MgH2].[MgH2].[MgH2].[MgH2].[MgH2].[MgH2].[MgH2].[MgH2].[MgH2].[MgH2].[MgH2].[MgH2].[MgH2].[MgH2].[MgH2]. The second-order valence-corrected chi connectivity index (χ2v) is 0. The van der Waals surface area contributed by atoms with Crippen LogP contribution >= 0.6 is 0 Å². The van der Waals surface area contributed by atoms with E-state index in [-0.39, 0.29) is 598 Å². The average molecular weight is 977 g/mol. The number of rotatable bonds is 0. The van der Waals surface area contributed by atoms with Crippen molar-refractivity contribution in [1.29, 1.82) is 0 Å². The topological polar surface area (TPSA) is 788 Å². The quantitative estimate of drug-likeness (QED) is 0.204. The Balaban J connectivity index is 0. The van der Waals surface area contributed by atoms with Gasteiger partial charge in [-0.15, -0.1) is 0 Å². The Morgan fingerprint density at radius 1 is 0.0444 bits per heavy atom. The van der Waals surface area contributed by atoms with Crippen LogP contribution in [0.3, 0.4) is 0 Å². The van der Waals surface area contributed by atoms with E-state index in [0.29, 0.717) is 0 Å². The fourth-order valence-electron chi connectivity index (χ4n) is 0. The third kappa shape index (κ3) is 902. The predicted octanol–water partition coefficient (Wildman–Crippen LogP) is -38.9. The summed E-state index contributed by atoms with van der Waals surface area (Å²) in [6.07, 6.45) is 0. The molecule has 45 heteroatoms. The summed E-state index contributed by atoms with van der Waals surface area (Å²) >= 11 is 0. The van der Waals surface area contributed by atoms with E-state index in [0.717, 1.165) is 0 Å². The standard InChI is InChI=1S/20Mg.25H2O.40H/h;;;;;;;;;;;;;;;;;;;;25*1H2;;;;;;;;;;;;;;;;;;;;;;;;;;;;;;;;;;;;;;;;. The van der Waals surface area contributed by atoms with E-state index in [1.54, 1.807) is 0 Å². The minimum Gasteiger partial charge on any atom is -0.412 e. The fraction of sp³-hybridized carbons (Fsp3) is 0. The molecule has 0 heterocycles. The van der Waals surface area contributed by atoms with Crippen molar-refractivity contribution in [1.82, 2.24) is 0 Å². The van der Waals surface area contributed by atoms with Crippen molar-refractivity contribution in [2.24, 2.45) is 0 Å². The van der Waals surface area contributed by atoms with E-state index < -0.39 is 0 Å². The average Bonchev–Trinajstić information content (AvgIpc) is 0. The normalized spacial score (nSPS) is 0. The minimum atomic E-state index is 0. The van der Waals surface area contributed by atoms with Gasteiger partial charge in [-0.1, -0.05) is 0 Å². The van der Waals surface area contributed by atoms with Gasteiger partial charge in [0.05, 0.1) is 0 Å². The van der Waals surface area contributed by atoms with Crippen molar-refractivity contribution in [3.63, 3.8) is 0 Å². The maximum absolute atomic E-state index is 0. The lowest BCUT2D eigenvalue weighted by atomic mass is 16.0. The van der Waals surface area contributed by atoms with Gasteiger partial charge in [-0.3, -0.25) is 0 Å². The van der Waals surface area contributed by atoms with Crippen molar-refractivity contribution in [2.45, 2.75) is 0 Å². The third-order valence-electron chi connectivity index (χ3n) is 0. The summed E-state index contributed by atoms with van der Waals surface area (Å²) in [6, 6.07) is 0. The molecule has 0 bridgehead atoms. The zero-order valence-electron chi connectivity index (χ0n) is 12.5. The van der Waals surface area contributed by atoms with Gasteiger partial charge in [0.1, 0.15) is 0 Å². The first-order valence-corrected chi connectivity index (χ1v) is 0. The molecular formula is H90Mg20O25. The number of hydrogen-bond acceptors (Lipinski definition) is 0. The first-order valence-electron chi connectivity index (χ1n) is 0. The highest BCUT2D eigenvalue weighted by Crippen LogP contribution is -0.260. The summed E-state index contributed by atoms with van der Waals surface area (Å²) in [4.78, 5) is 0. The zero-order chi connectivity index (χ0) is 0. The lowest BCUT2D eigenvalue weighted by molar-refractivity contribution is 0.823. The van der Waals surface area contributed by atoms with Crippen LogP contribution in [-0.4, -0.2) is 598 Å². The molecule has 0 amide bonds. The minimum absolute atomic E-state index is 0. The van der Waals surface area contributed by atoms with E-state index >= 15 is 0 Å². The van der Waals surface area contributed by atoms with Crippen molar-refractivity contribution in [2.75, 3.05) is 0 Å². The molecule has 280 valence electrons. The zero-order valence-corrected chi connectivity index (χ0v) is 12.5. The Morgan fingerprint density at radius 2 is 0.0444 bits per heavy atom. The van der Waals surface area contributed by atoms with E-state index in [4.69, 9.17) is 0 Å². The highest BCUT2D eigenvalue weighted by atomic mass is 24.3. The van der Waals surface area contributed by atoms with Crippen LogP contribution in [0.5, 0.6) is 0 Å². The van der Waals surface area contributed by atoms with Gasteiger partial charge in [0.2, 0.25) is 0 Å². The Morgan fingerprint density at radius 3 is 0.0444 bits per heavy atom. The molecular weight excluding hydrogens is 886 g/mol. The van der Waals surface area contributed by atoms with Gasteiger partial charge in [0.25, 0.3) is 0 Å². The molecule has 0 fully saturated rings. The smallest absolute Gasteiger partial charge is 0.316 e. The molecule has 0 rings (SSSR count). The van der Waals surface area contributed by atoms with E-state index in [1.165, 1.54) is 0 Å². The first kappa shape index (κ1) is 983. The molecule has 0 aromatic carbocycles. The highest BCUT2D eigenvalue weighted by Gasteiger charge is 0.336. The lowest BCUT2D eigenvalue weighted by Gasteiger charge is -0.413. The Bertz CT molecular complexity index is 44.6. The molecule has 0 unspecified atom stereocenters. The molecule has 0 aromatic heterocycles. The molecule has 0 aliphatic heterocycles. The molecule has 45 heavy (non-hydrogen) atoms. The first-order chi connectivity index (χ1) is 0. The van der Waals surface area contributed by atoms with Crippen molar-refractivity contribution < 1.29 is 137 Å². The predicted molar refractivity (Wildman–Crippen MR) is 261 cm³/mol. The third-order valence-corrected chi connectivity index (χ3v) is 0. The molecule has 0 aliphatic carbocycles. The maximum Gasteiger partial charge on any atom is 0.316 e. The molecule has 0 aliphatic rings. The largest absolute Gasteiger partial charge is 0.412 e. The Labute approximate surface area is 584 Å². The van der Waals surface area contributed by atoms with Crippen LogP contribution < -0.4 is 0 Å². The summed E-state index contributed by atoms with van der Waals surface area (Å²) in [6.45, 7) is 0. The molecule has 0 saturated heterocycles. The second kappa shape index (κ2) is 934. The molecule has 0 spiro atoms. The molecule has 25 nitrogen and oxygen atoms in total. The summed E-state index contributed by atoms with van der Waals surface area (Å²) in [5, 5.41) is 0. The van der Waals surface area contributed by atoms with Crippen LogP contribution in [0.25, 0.3) is 0 Å². The van der Waals surface area contributed by atoms with Gasteiger partial charge in [0.15, 0.2) is 0 Å². The van der Waals surface area contributed by atoms with E-state index in [1.807, 2.05) is 0 Å². The van der Waals surface area contributed by atoms with E-state index in [9.17, 15) is 0 Å². The van der Waals surface area contributed by atoms with Crippen molar-refractivity contribution in [3.05, 3.63) is 0 Å². The van der Waals surface area contributed by atoms with Gasteiger partial charge in [0, 0.05) is 0 Å². The molecule has 0 radical (unpaired) electrons. The Hall–Kier alpha value is 14.3. The molecule has 50 N–H and O–H groups in total. The van der Waals surface area contributed by atoms with Gasteiger partial charge in [-0.25, -0.2) is 0 Å².